The zero-order valence-corrected chi connectivity index (χ0v) is 14.6. The van der Waals surface area contributed by atoms with Crippen LogP contribution in [-0.4, -0.2) is 15.5 Å². The molecule has 0 aliphatic heterocycles. The van der Waals surface area contributed by atoms with Crippen molar-refractivity contribution in [3.8, 4) is 11.5 Å². The Balaban J connectivity index is 2.00. The van der Waals surface area contributed by atoms with Gasteiger partial charge in [0.25, 0.3) is 10.1 Å². The number of diazo groups is 1. The van der Waals surface area contributed by atoms with E-state index in [1.54, 1.807) is 24.3 Å². The summed E-state index contributed by atoms with van der Waals surface area (Å²) in [5, 5.41) is 21.4. The number of benzene rings is 3. The van der Waals surface area contributed by atoms with Crippen molar-refractivity contribution in [2.75, 3.05) is 7.11 Å². The highest BCUT2D eigenvalue weighted by atomic mass is 32.2. The van der Waals surface area contributed by atoms with Gasteiger partial charge in [0.2, 0.25) is 5.39 Å². The summed E-state index contributed by atoms with van der Waals surface area (Å²) in [6.45, 7) is -0.211. The first-order valence-electron chi connectivity index (χ1n) is 7.57. The van der Waals surface area contributed by atoms with Crippen molar-refractivity contribution < 1.29 is 22.4 Å². The molecule has 0 heterocycles. The average molecular weight is 370 g/mol. The zero-order valence-electron chi connectivity index (χ0n) is 13.7. The molecule has 132 valence electrons. The smallest absolute Gasteiger partial charge is 0.378 e. The highest BCUT2D eigenvalue weighted by Crippen LogP contribution is 2.35. The van der Waals surface area contributed by atoms with Crippen LogP contribution >= 0.6 is 0 Å². The van der Waals surface area contributed by atoms with Gasteiger partial charge in [-0.2, -0.15) is 8.42 Å². The first-order valence-corrected chi connectivity index (χ1v) is 8.98. The molecule has 0 saturated carbocycles. The SMILES string of the molecule is COc1ccccc1COS(=O)(=O)c1cccc2c([O-])c([N+]#N)ccc12. The molecule has 0 fully saturated rings. The molecule has 0 radical (unpaired) electrons. The summed E-state index contributed by atoms with van der Waals surface area (Å²) in [6.07, 6.45) is 0. The van der Waals surface area contributed by atoms with Gasteiger partial charge in [-0.3, -0.25) is 4.18 Å². The summed E-state index contributed by atoms with van der Waals surface area (Å²) in [5.74, 6) is -0.0524. The van der Waals surface area contributed by atoms with Crippen LogP contribution < -0.4 is 9.84 Å². The van der Waals surface area contributed by atoms with Crippen LogP contribution in [0.15, 0.2) is 59.5 Å². The third kappa shape index (κ3) is 3.18. The third-order valence-electron chi connectivity index (χ3n) is 3.89. The fourth-order valence-electron chi connectivity index (χ4n) is 2.61. The van der Waals surface area contributed by atoms with Gasteiger partial charge in [-0.25, -0.2) is 0 Å². The summed E-state index contributed by atoms with van der Waals surface area (Å²) in [5.41, 5.74) is 0.409. The quantitative estimate of drug-likeness (QED) is 0.504. The van der Waals surface area contributed by atoms with Crippen molar-refractivity contribution in [2.45, 2.75) is 11.5 Å². The number of fused-ring (bicyclic) bond motifs is 1. The Kier molecular flexibility index (Phi) is 4.75. The molecular weight excluding hydrogens is 356 g/mol. The van der Waals surface area contributed by atoms with E-state index in [0.717, 1.165) is 0 Å². The molecule has 26 heavy (non-hydrogen) atoms. The predicted molar refractivity (Wildman–Crippen MR) is 93.1 cm³/mol. The molecule has 0 N–H and O–H groups in total. The lowest BCUT2D eigenvalue weighted by molar-refractivity contribution is -0.264. The van der Waals surface area contributed by atoms with Crippen molar-refractivity contribution in [2.24, 2.45) is 0 Å². The van der Waals surface area contributed by atoms with Crippen molar-refractivity contribution in [3.05, 3.63) is 65.1 Å². The van der Waals surface area contributed by atoms with Gasteiger partial charge in [-0.05, 0) is 29.3 Å². The summed E-state index contributed by atoms with van der Waals surface area (Å²) in [4.78, 5) is 2.77. The van der Waals surface area contributed by atoms with Gasteiger partial charge in [0.15, 0.2) is 4.98 Å². The van der Waals surface area contributed by atoms with Crippen LogP contribution in [0.4, 0.5) is 5.69 Å². The van der Waals surface area contributed by atoms with Crippen LogP contribution in [-0.2, 0) is 20.9 Å². The van der Waals surface area contributed by atoms with Crippen molar-refractivity contribution in [1.29, 1.82) is 5.39 Å². The summed E-state index contributed by atoms with van der Waals surface area (Å²) in [6, 6.07) is 13.8. The molecule has 0 bridgehead atoms. The van der Waals surface area contributed by atoms with Crippen LogP contribution in [0.5, 0.6) is 11.5 Å². The summed E-state index contributed by atoms with van der Waals surface area (Å²) < 4.78 is 35.6. The molecule has 0 amide bonds. The molecule has 0 aromatic heterocycles. The van der Waals surface area contributed by atoms with Crippen LogP contribution in [0.25, 0.3) is 15.7 Å². The third-order valence-corrected chi connectivity index (χ3v) is 5.21. The summed E-state index contributed by atoms with van der Waals surface area (Å²) >= 11 is 0. The second kappa shape index (κ2) is 7.00. The van der Waals surface area contributed by atoms with E-state index in [1.165, 1.54) is 37.4 Å². The minimum atomic E-state index is -4.13. The Morgan fingerprint density at radius 1 is 1.04 bits per heavy atom. The van der Waals surface area contributed by atoms with Gasteiger partial charge in [0, 0.05) is 17.0 Å². The standard InChI is InChI=1S/C18H14N2O5S/c1-24-16-7-3-2-5-12(16)11-25-26(22,23)17-8-4-6-14-13(17)9-10-15(20-19)18(14)21/h2-10H,11H2,1H3. The lowest BCUT2D eigenvalue weighted by Crippen LogP contribution is -2.08. The average Bonchev–Trinajstić information content (AvgIpc) is 2.66. The Labute approximate surface area is 150 Å². The van der Waals surface area contributed by atoms with Gasteiger partial charge in [-0.15, -0.1) is 0 Å². The van der Waals surface area contributed by atoms with Crippen molar-refractivity contribution >= 4 is 26.6 Å². The molecule has 3 aromatic rings. The molecule has 0 aliphatic carbocycles. The maximum Gasteiger partial charge on any atom is 0.378 e. The minimum Gasteiger partial charge on any atom is -0.867 e. The first kappa shape index (κ1) is 17.7. The first-order chi connectivity index (χ1) is 12.5. The number of para-hydroxylation sites is 1. The number of rotatable bonds is 5. The maximum atomic E-state index is 12.6. The topological polar surface area (TPSA) is 104 Å². The monoisotopic (exact) mass is 370 g/mol. The molecule has 0 aliphatic rings. The van der Waals surface area contributed by atoms with E-state index in [0.29, 0.717) is 11.3 Å². The predicted octanol–water partition coefficient (Wildman–Crippen LogP) is 3.31. The Morgan fingerprint density at radius 2 is 1.81 bits per heavy atom. The Bertz CT molecular complexity index is 1120. The number of ether oxygens (including phenoxy) is 1. The Hall–Kier alpha value is -3.15. The molecule has 7 nitrogen and oxygen atoms in total. The molecule has 3 rings (SSSR count). The highest BCUT2D eigenvalue weighted by Gasteiger charge is 2.21. The Morgan fingerprint density at radius 3 is 2.54 bits per heavy atom. The molecular formula is C18H14N2O5S. The molecule has 0 atom stereocenters. The minimum absolute atomic E-state index is 0.127. The van der Waals surface area contributed by atoms with Crippen molar-refractivity contribution in [1.82, 2.24) is 0 Å². The van der Waals surface area contributed by atoms with Gasteiger partial charge >= 0.3 is 5.69 Å². The number of hydrogen-bond acceptors (Lipinski definition) is 6. The van der Waals surface area contributed by atoms with Crippen LogP contribution in [0, 0.1) is 5.39 Å². The highest BCUT2D eigenvalue weighted by molar-refractivity contribution is 7.87. The molecule has 0 saturated heterocycles. The van der Waals surface area contributed by atoms with E-state index in [4.69, 9.17) is 14.3 Å². The lowest BCUT2D eigenvalue weighted by atomic mass is 10.1. The second-order valence-corrected chi connectivity index (χ2v) is 6.98. The van der Waals surface area contributed by atoms with E-state index in [2.05, 4.69) is 4.98 Å². The maximum absolute atomic E-state index is 12.6. The normalized spacial score (nSPS) is 11.2. The molecule has 8 heteroatoms. The number of methoxy groups -OCH3 is 1. The van der Waals surface area contributed by atoms with Crippen LogP contribution in [0.3, 0.4) is 0 Å². The summed E-state index contributed by atoms with van der Waals surface area (Å²) in [7, 11) is -2.65. The van der Waals surface area contributed by atoms with E-state index < -0.39 is 15.9 Å². The second-order valence-electron chi connectivity index (χ2n) is 5.39. The van der Waals surface area contributed by atoms with Crippen molar-refractivity contribution in [3.63, 3.8) is 0 Å². The fraction of sp³-hybridized carbons (Fsp3) is 0.111. The van der Waals surface area contributed by atoms with Crippen LogP contribution in [0.2, 0.25) is 0 Å². The van der Waals surface area contributed by atoms with Gasteiger partial charge in [0.05, 0.1) is 13.7 Å². The van der Waals surface area contributed by atoms with E-state index in [9.17, 15) is 13.5 Å². The van der Waals surface area contributed by atoms with Crippen LogP contribution in [0.1, 0.15) is 5.56 Å². The zero-order chi connectivity index (χ0) is 18.7. The van der Waals surface area contributed by atoms with E-state index in [-0.39, 0.29) is 28.0 Å². The van der Waals surface area contributed by atoms with Gasteiger partial charge in [-0.1, -0.05) is 30.3 Å². The van der Waals surface area contributed by atoms with E-state index >= 15 is 0 Å². The van der Waals surface area contributed by atoms with Gasteiger partial charge < -0.3 is 9.84 Å². The molecule has 0 unspecified atom stereocenters. The lowest BCUT2D eigenvalue weighted by Gasteiger charge is -2.12. The fourth-order valence-corrected chi connectivity index (χ4v) is 3.72. The number of nitrogens with zero attached hydrogens (tertiary/aromatic N) is 2. The number of hydrogen-bond donors (Lipinski definition) is 0. The molecule has 0 spiro atoms. The van der Waals surface area contributed by atoms with E-state index in [1.807, 2.05) is 0 Å². The molecule has 3 aromatic carbocycles. The largest absolute Gasteiger partial charge is 0.867 e. The van der Waals surface area contributed by atoms with Gasteiger partial charge in [0.1, 0.15) is 10.6 Å².